The van der Waals surface area contributed by atoms with Crippen LogP contribution in [0.2, 0.25) is 0 Å². The Labute approximate surface area is 123 Å². The fraction of sp³-hybridized carbons (Fsp3) is 0.312. The van der Waals surface area contributed by atoms with Crippen LogP contribution in [0.4, 0.5) is 0 Å². The smallest absolute Gasteiger partial charge is 0.137 e. The Morgan fingerprint density at radius 3 is 2.81 bits per heavy atom. The van der Waals surface area contributed by atoms with Gasteiger partial charge in [-0.05, 0) is 24.3 Å². The van der Waals surface area contributed by atoms with Crippen molar-refractivity contribution in [3.05, 3.63) is 42.4 Å². The molecule has 0 saturated carbocycles. The minimum atomic E-state index is 0.121. The Hall–Kier alpha value is -2.45. The van der Waals surface area contributed by atoms with Gasteiger partial charge in [-0.25, -0.2) is 9.97 Å². The maximum absolute atomic E-state index is 9.33. The maximum Gasteiger partial charge on any atom is 0.137 e. The Kier molecular flexibility index (Phi) is 4.08. The van der Waals surface area contributed by atoms with Crippen LogP contribution in [-0.2, 0) is 4.74 Å². The van der Waals surface area contributed by atoms with Crippen LogP contribution in [0, 0.1) is 11.3 Å². The van der Waals surface area contributed by atoms with Crippen molar-refractivity contribution in [1.82, 2.24) is 9.97 Å². The summed E-state index contributed by atoms with van der Waals surface area (Å²) in [5, 5.41) is 9.33. The van der Waals surface area contributed by atoms with E-state index in [0.717, 1.165) is 24.1 Å². The second-order valence-electron chi connectivity index (χ2n) is 4.85. The lowest BCUT2D eigenvalue weighted by molar-refractivity contribution is 0.0254. The monoisotopic (exact) mass is 281 g/mol. The van der Waals surface area contributed by atoms with Gasteiger partial charge in [0.1, 0.15) is 24.3 Å². The second kappa shape index (κ2) is 6.33. The van der Waals surface area contributed by atoms with Crippen LogP contribution in [0.1, 0.15) is 18.4 Å². The molecule has 1 aromatic carbocycles. The third kappa shape index (κ3) is 3.18. The van der Waals surface area contributed by atoms with Crippen LogP contribution < -0.4 is 4.74 Å². The lowest BCUT2D eigenvalue weighted by atomic mass is 10.1. The average molecular weight is 281 g/mol. The van der Waals surface area contributed by atoms with E-state index in [0.29, 0.717) is 24.5 Å². The summed E-state index contributed by atoms with van der Waals surface area (Å²) < 4.78 is 11.2. The molecule has 0 amide bonds. The van der Waals surface area contributed by atoms with Gasteiger partial charge in [-0.1, -0.05) is 0 Å². The average Bonchev–Trinajstić information content (AvgIpc) is 2.57. The van der Waals surface area contributed by atoms with Crippen LogP contribution in [0.15, 0.2) is 36.8 Å². The van der Waals surface area contributed by atoms with E-state index in [9.17, 15) is 5.26 Å². The molecule has 5 nitrogen and oxygen atoms in total. The van der Waals surface area contributed by atoms with E-state index < -0.39 is 0 Å². The molecular formula is C16H15N3O2. The third-order valence-corrected chi connectivity index (χ3v) is 3.44. The molecule has 3 rings (SSSR count). The molecule has 0 atom stereocenters. The van der Waals surface area contributed by atoms with Crippen molar-refractivity contribution in [3.63, 3.8) is 0 Å². The number of hydrogen-bond acceptors (Lipinski definition) is 5. The first-order valence-corrected chi connectivity index (χ1v) is 6.92. The summed E-state index contributed by atoms with van der Waals surface area (Å²) in [6.45, 7) is 1.43. The van der Waals surface area contributed by atoms with Gasteiger partial charge in [0.05, 0.1) is 24.5 Å². The van der Waals surface area contributed by atoms with Crippen molar-refractivity contribution in [2.75, 3.05) is 13.2 Å². The molecule has 2 aromatic rings. The minimum absolute atomic E-state index is 0.121. The number of hydrogen-bond donors (Lipinski definition) is 0. The molecule has 1 aliphatic heterocycles. The van der Waals surface area contributed by atoms with Gasteiger partial charge in [0, 0.05) is 24.6 Å². The van der Waals surface area contributed by atoms with Gasteiger partial charge in [0.25, 0.3) is 0 Å². The van der Waals surface area contributed by atoms with E-state index in [1.807, 2.05) is 18.2 Å². The molecular weight excluding hydrogens is 266 g/mol. The molecule has 0 radical (unpaired) electrons. The summed E-state index contributed by atoms with van der Waals surface area (Å²) in [5.41, 5.74) is 2.20. The number of nitrogens with zero attached hydrogens (tertiary/aromatic N) is 3. The summed E-state index contributed by atoms with van der Waals surface area (Å²) in [6, 6.07) is 9.57. The number of benzene rings is 1. The van der Waals surface area contributed by atoms with Crippen molar-refractivity contribution in [2.24, 2.45) is 0 Å². The molecule has 1 fully saturated rings. The normalized spacial score (nSPS) is 15.4. The summed E-state index contributed by atoms with van der Waals surface area (Å²) in [6.07, 6.45) is 5.02. The van der Waals surface area contributed by atoms with Gasteiger partial charge < -0.3 is 9.47 Å². The molecule has 0 bridgehead atoms. The molecule has 0 aliphatic carbocycles. The van der Waals surface area contributed by atoms with E-state index in [4.69, 9.17) is 9.47 Å². The first-order chi connectivity index (χ1) is 10.4. The summed E-state index contributed by atoms with van der Waals surface area (Å²) in [4.78, 5) is 8.09. The topological polar surface area (TPSA) is 68.0 Å². The van der Waals surface area contributed by atoms with Crippen molar-refractivity contribution >= 4 is 0 Å². The summed E-state index contributed by atoms with van der Waals surface area (Å²) in [7, 11) is 0. The highest BCUT2D eigenvalue weighted by Gasteiger charge is 2.17. The van der Waals surface area contributed by atoms with E-state index in [1.165, 1.54) is 6.33 Å². The standard InChI is InChI=1S/C16H15N3O2/c17-10-13-9-12(15-3-6-18-11-19-15)1-2-16(13)21-14-4-7-20-8-5-14/h1-3,6,9,11,14H,4-5,7-8H2. The molecule has 1 aliphatic rings. The molecule has 0 unspecified atom stereocenters. The van der Waals surface area contributed by atoms with E-state index >= 15 is 0 Å². The third-order valence-electron chi connectivity index (χ3n) is 3.44. The zero-order valence-electron chi connectivity index (χ0n) is 11.5. The maximum atomic E-state index is 9.33. The van der Waals surface area contributed by atoms with Crippen molar-refractivity contribution in [3.8, 4) is 23.1 Å². The Morgan fingerprint density at radius 1 is 1.24 bits per heavy atom. The van der Waals surface area contributed by atoms with Gasteiger partial charge in [-0.2, -0.15) is 5.26 Å². The first kappa shape index (κ1) is 13.5. The Bertz CT molecular complexity index is 646. The van der Waals surface area contributed by atoms with Crippen LogP contribution in [0.25, 0.3) is 11.3 Å². The highest BCUT2D eigenvalue weighted by molar-refractivity contribution is 5.63. The molecule has 1 aromatic heterocycles. The lowest BCUT2D eigenvalue weighted by Gasteiger charge is -2.23. The summed E-state index contributed by atoms with van der Waals surface area (Å²) in [5.74, 6) is 0.627. The summed E-state index contributed by atoms with van der Waals surface area (Å²) >= 11 is 0. The van der Waals surface area contributed by atoms with Crippen LogP contribution in [0.3, 0.4) is 0 Å². The van der Waals surface area contributed by atoms with Gasteiger partial charge in [0.15, 0.2) is 0 Å². The lowest BCUT2D eigenvalue weighted by Crippen LogP contribution is -2.26. The predicted octanol–water partition coefficient (Wildman–Crippen LogP) is 2.57. The highest BCUT2D eigenvalue weighted by atomic mass is 16.5. The van der Waals surface area contributed by atoms with Gasteiger partial charge in [-0.15, -0.1) is 0 Å². The SMILES string of the molecule is N#Cc1cc(-c2ccncn2)ccc1OC1CCOCC1. The van der Waals surface area contributed by atoms with Crippen molar-refractivity contribution in [1.29, 1.82) is 5.26 Å². The highest BCUT2D eigenvalue weighted by Crippen LogP contribution is 2.27. The zero-order chi connectivity index (χ0) is 14.5. The van der Waals surface area contributed by atoms with E-state index in [2.05, 4.69) is 16.0 Å². The second-order valence-corrected chi connectivity index (χ2v) is 4.85. The quantitative estimate of drug-likeness (QED) is 0.865. The molecule has 106 valence electrons. The number of rotatable bonds is 3. The molecule has 0 spiro atoms. The number of nitriles is 1. The Morgan fingerprint density at radius 2 is 2.10 bits per heavy atom. The minimum Gasteiger partial charge on any atom is -0.489 e. The van der Waals surface area contributed by atoms with Gasteiger partial charge >= 0.3 is 0 Å². The zero-order valence-corrected chi connectivity index (χ0v) is 11.5. The fourth-order valence-corrected chi connectivity index (χ4v) is 2.31. The molecule has 0 N–H and O–H groups in total. The molecule has 2 heterocycles. The van der Waals surface area contributed by atoms with Gasteiger partial charge in [0.2, 0.25) is 0 Å². The Balaban J connectivity index is 1.84. The number of aromatic nitrogens is 2. The fourth-order valence-electron chi connectivity index (χ4n) is 2.31. The van der Waals surface area contributed by atoms with Gasteiger partial charge in [-0.3, -0.25) is 0 Å². The van der Waals surface area contributed by atoms with Crippen LogP contribution in [-0.4, -0.2) is 29.3 Å². The molecule has 5 heteroatoms. The first-order valence-electron chi connectivity index (χ1n) is 6.92. The van der Waals surface area contributed by atoms with Crippen molar-refractivity contribution < 1.29 is 9.47 Å². The predicted molar refractivity (Wildman–Crippen MR) is 76.7 cm³/mol. The molecule has 1 saturated heterocycles. The van der Waals surface area contributed by atoms with Crippen LogP contribution >= 0.6 is 0 Å². The van der Waals surface area contributed by atoms with Crippen LogP contribution in [0.5, 0.6) is 5.75 Å². The van der Waals surface area contributed by atoms with E-state index in [1.54, 1.807) is 12.3 Å². The number of ether oxygens (including phenoxy) is 2. The van der Waals surface area contributed by atoms with Crippen molar-refractivity contribution in [2.45, 2.75) is 18.9 Å². The van der Waals surface area contributed by atoms with E-state index in [-0.39, 0.29) is 6.10 Å². The largest absolute Gasteiger partial charge is 0.489 e. The molecule has 21 heavy (non-hydrogen) atoms.